The molecule has 0 saturated heterocycles. The average molecular weight is 1430 g/mol. The van der Waals surface area contributed by atoms with Gasteiger partial charge < -0.3 is 0 Å². The minimum absolute atomic E-state index is 0.00361. The van der Waals surface area contributed by atoms with Gasteiger partial charge in [-0.3, -0.25) is 4.98 Å². The summed E-state index contributed by atoms with van der Waals surface area (Å²) in [6.07, 6.45) is 1.87. The number of benzene rings is 8. The summed E-state index contributed by atoms with van der Waals surface area (Å²) in [5.41, 5.74) is 8.71. The number of pyridine rings is 1. The third-order valence-electron chi connectivity index (χ3n) is 13.1. The molecule has 21 heteroatoms. The van der Waals surface area contributed by atoms with Gasteiger partial charge in [0, 0.05) is 70.4 Å². The van der Waals surface area contributed by atoms with Crippen LogP contribution >= 0.6 is 81.2 Å². The molecule has 0 aliphatic heterocycles. The summed E-state index contributed by atoms with van der Waals surface area (Å²) < 4.78 is 165. The van der Waals surface area contributed by atoms with Crippen molar-refractivity contribution in [3.63, 3.8) is 0 Å². The fourth-order valence-corrected chi connectivity index (χ4v) is 8.54. The number of halogens is 20. The lowest BCUT2D eigenvalue weighted by molar-refractivity contribution is 0.436. The number of nitrogens with zero attached hydrogens (tertiary/aromatic N) is 1. The van der Waals surface area contributed by atoms with Crippen LogP contribution in [0.5, 0.6) is 0 Å². The molecule has 0 saturated carbocycles. The first kappa shape index (κ1) is 84.0. The van der Waals surface area contributed by atoms with Crippen LogP contribution in [0.4, 0.5) is 57.1 Å². The highest BCUT2D eigenvalue weighted by molar-refractivity contribution is 6.36. The summed E-state index contributed by atoms with van der Waals surface area (Å²) in [6.45, 7) is 29.2. The predicted molar refractivity (Wildman–Crippen MR) is 356 cm³/mol. The first-order valence-corrected chi connectivity index (χ1v) is 30.0. The Kier molecular flexibility index (Phi) is 35.7. The van der Waals surface area contributed by atoms with Crippen LogP contribution in [0, 0.1) is 200 Å². The molecule has 0 fully saturated rings. The van der Waals surface area contributed by atoms with Crippen molar-refractivity contribution in [2.45, 2.75) is 125 Å². The van der Waals surface area contributed by atoms with Crippen LogP contribution in [0.2, 0.25) is 35.2 Å². The van der Waals surface area contributed by atoms with E-state index >= 15 is 0 Å². The van der Waals surface area contributed by atoms with E-state index in [0.29, 0.717) is 21.7 Å². The summed E-state index contributed by atoms with van der Waals surface area (Å²) >= 11 is 39.9. The monoisotopic (exact) mass is 1430 g/mol. The van der Waals surface area contributed by atoms with E-state index in [1.165, 1.54) is 63.9 Å². The van der Waals surface area contributed by atoms with E-state index in [4.69, 9.17) is 81.2 Å². The minimum atomic E-state index is -1.33. The highest BCUT2D eigenvalue weighted by Gasteiger charge is 2.20. The highest BCUT2D eigenvalue weighted by atomic mass is 35.5. The first-order chi connectivity index (χ1) is 42.4. The summed E-state index contributed by atoms with van der Waals surface area (Å²) in [4.78, 5) is 4.08. The molecular weight excluding hydrogens is 1360 g/mol. The summed E-state index contributed by atoms with van der Waals surface area (Å²) in [6, 6.07) is 24.3. The molecule has 0 unspecified atom stereocenters. The van der Waals surface area contributed by atoms with Crippen molar-refractivity contribution in [2.75, 3.05) is 0 Å². The molecule has 0 aliphatic rings. The number of aryl methyl sites for hydroxylation is 11. The number of rotatable bonds is 0. The van der Waals surface area contributed by atoms with Gasteiger partial charge in [-0.05, 0) is 240 Å². The Hall–Kier alpha value is -5.97. The lowest BCUT2D eigenvalue weighted by atomic mass is 10.1. The second-order valence-corrected chi connectivity index (χ2v) is 23.8. The van der Waals surface area contributed by atoms with Gasteiger partial charge in [-0.2, -0.15) is 0 Å². The molecule has 1 nitrogen and oxygen atoms in total. The van der Waals surface area contributed by atoms with E-state index in [0.717, 1.165) is 68.5 Å². The standard InChI is InChI=1S/C8H8Cl2.2C8H7ClF2.2C8H8ClF.C8H9Cl.C8H6F4.C8H7F3.C7H9N/c1-5-3-7(9)6(2)8(10)4-5;1-4-3-6(10)5(2)8(11)7(4)9;1-4-3-6(9)5(2)8(11)7(4)10;1-5-3-7(9)6(2)8(10)4-5;1-5-3-4-6(2)8(10)7(5)9;1-6-3-4-7(2)8(9)5-6;1-3-5(9)7(11)4(2)8(12)6(3)10;1-4-3-6(9)5(2)8(11)7(4)10;1-6-3-4-7(2)8-5-6/h3-4H,1-2H3;2*3H,1-2H3;2*3-4H,1-2H3;3-5H,1-2H3;1-2H3;3H,1-2H3;3-5H,1-2H3. The molecule has 1 aromatic heterocycles. The van der Waals surface area contributed by atoms with E-state index in [9.17, 15) is 57.1 Å². The molecule has 0 aliphatic carbocycles. The van der Waals surface area contributed by atoms with E-state index in [2.05, 4.69) is 17.1 Å². The number of hydrogen-bond acceptors (Lipinski definition) is 1. The average Bonchev–Trinajstić information content (AvgIpc) is 0.851. The molecule has 498 valence electrons. The zero-order chi connectivity index (χ0) is 71.3. The van der Waals surface area contributed by atoms with Crippen LogP contribution in [0.1, 0.15) is 100 Å². The van der Waals surface area contributed by atoms with Crippen molar-refractivity contribution in [3.8, 4) is 0 Å². The molecule has 0 bridgehead atoms. The Morgan fingerprint density at radius 3 is 0.978 bits per heavy atom. The van der Waals surface area contributed by atoms with Crippen molar-refractivity contribution in [2.24, 2.45) is 0 Å². The minimum Gasteiger partial charge on any atom is -0.261 e. The third-order valence-corrected chi connectivity index (χ3v) is 16.0. The lowest BCUT2D eigenvalue weighted by Gasteiger charge is -2.04. The van der Waals surface area contributed by atoms with Crippen LogP contribution in [0.15, 0.2) is 91.1 Å². The van der Waals surface area contributed by atoms with Gasteiger partial charge >= 0.3 is 0 Å². The van der Waals surface area contributed by atoms with E-state index in [1.54, 1.807) is 45.9 Å². The van der Waals surface area contributed by atoms with Gasteiger partial charge in [0.2, 0.25) is 0 Å². The number of hydrogen-bond donors (Lipinski definition) is 0. The highest BCUT2D eigenvalue weighted by Crippen LogP contribution is 2.28. The molecule has 0 spiro atoms. The zero-order valence-corrected chi connectivity index (χ0v) is 59.0. The Balaban J connectivity index is 0.000000518. The predicted octanol–water partition coefficient (Wildman–Crippen LogP) is 26.5. The van der Waals surface area contributed by atoms with Crippen molar-refractivity contribution in [3.05, 3.63) is 302 Å². The SMILES string of the molecule is Cc1c(F)c(F)c(C)c(F)c1F.Cc1cc(Cl)c(C)c(Cl)c1.Cc1cc(Cl)c(C)c(F)c1F.Cc1cc(F)c(C)c(Cl)c1.Cc1cc(F)c(C)c(F)c1Cl.Cc1cc(F)c(C)c(F)c1F.Cc1ccc(C)c(Cl)c1.Cc1ccc(C)c(Cl)c1F.Cc1ccc(C)nc1. The summed E-state index contributed by atoms with van der Waals surface area (Å²) in [5.74, 6) is -11.5. The maximum atomic E-state index is 12.9. The molecule has 8 aromatic carbocycles. The molecule has 0 N–H and O–H groups in total. The van der Waals surface area contributed by atoms with Crippen molar-refractivity contribution < 1.29 is 57.1 Å². The Morgan fingerprint density at radius 1 is 0.228 bits per heavy atom. The van der Waals surface area contributed by atoms with Crippen molar-refractivity contribution in [1.29, 1.82) is 0 Å². The Bertz CT molecular complexity index is 3510. The van der Waals surface area contributed by atoms with Gasteiger partial charge in [0.25, 0.3) is 0 Å². The van der Waals surface area contributed by atoms with E-state index in [-0.39, 0.29) is 54.5 Å². The van der Waals surface area contributed by atoms with Crippen LogP contribution in [-0.4, -0.2) is 4.98 Å². The second-order valence-electron chi connectivity index (χ2n) is 21.1. The van der Waals surface area contributed by atoms with Crippen LogP contribution < -0.4 is 0 Å². The van der Waals surface area contributed by atoms with Gasteiger partial charge in [0.05, 0.1) is 10.0 Å². The molecule has 0 atom stereocenters. The van der Waals surface area contributed by atoms with Gasteiger partial charge in [0.15, 0.2) is 46.5 Å². The smallest absolute Gasteiger partial charge is 0.165 e. The molecule has 0 amide bonds. The maximum absolute atomic E-state index is 12.9. The summed E-state index contributed by atoms with van der Waals surface area (Å²) in [7, 11) is 0. The lowest BCUT2D eigenvalue weighted by Crippen LogP contribution is -2.02. The molecule has 1 heterocycles. The zero-order valence-electron chi connectivity index (χ0n) is 53.7. The Morgan fingerprint density at radius 2 is 0.565 bits per heavy atom. The fourth-order valence-electron chi connectivity index (χ4n) is 6.79. The van der Waals surface area contributed by atoms with Crippen LogP contribution in [0.25, 0.3) is 0 Å². The Labute approximate surface area is 566 Å². The molecular formula is C71H69Cl7F13N. The van der Waals surface area contributed by atoms with Gasteiger partial charge in [-0.1, -0.05) is 112 Å². The van der Waals surface area contributed by atoms with Crippen LogP contribution in [0.3, 0.4) is 0 Å². The molecule has 92 heavy (non-hydrogen) atoms. The molecule has 9 rings (SSSR count). The van der Waals surface area contributed by atoms with Crippen molar-refractivity contribution in [1.82, 2.24) is 4.98 Å². The van der Waals surface area contributed by atoms with E-state index < -0.39 is 75.1 Å². The van der Waals surface area contributed by atoms with Gasteiger partial charge in [0.1, 0.15) is 29.1 Å². The van der Waals surface area contributed by atoms with Gasteiger partial charge in [-0.25, -0.2) is 57.1 Å². The van der Waals surface area contributed by atoms with E-state index in [1.807, 2.05) is 85.0 Å². The quantitative estimate of drug-likeness (QED) is 0.109. The van der Waals surface area contributed by atoms with Crippen molar-refractivity contribution >= 4 is 81.2 Å². The largest absolute Gasteiger partial charge is 0.261 e. The number of aromatic nitrogens is 1. The topological polar surface area (TPSA) is 12.9 Å². The molecule has 9 aromatic rings. The third kappa shape index (κ3) is 25.7. The summed E-state index contributed by atoms with van der Waals surface area (Å²) in [5, 5.41) is 3.34. The van der Waals surface area contributed by atoms with Gasteiger partial charge in [-0.15, -0.1) is 0 Å². The van der Waals surface area contributed by atoms with Crippen LogP contribution in [-0.2, 0) is 0 Å². The first-order valence-electron chi connectivity index (χ1n) is 27.4. The maximum Gasteiger partial charge on any atom is 0.165 e. The molecule has 0 radical (unpaired) electrons. The second kappa shape index (κ2) is 39.0. The normalized spacial score (nSPS) is 10.1. The fraction of sp³-hybridized carbons (Fsp3) is 0.254.